The maximum atomic E-state index is 10.9. The van der Waals surface area contributed by atoms with Crippen LogP contribution in [0.15, 0.2) is 48.5 Å². The van der Waals surface area contributed by atoms with Crippen LogP contribution < -0.4 is 5.73 Å². The SMILES string of the molecule is NC(=O)c1ccc(-c2ccccc2Cl)cc1. The minimum Gasteiger partial charge on any atom is -0.366 e. The summed E-state index contributed by atoms with van der Waals surface area (Å²) in [6.45, 7) is 0. The number of amides is 1. The van der Waals surface area contributed by atoms with E-state index in [4.69, 9.17) is 17.3 Å². The Morgan fingerprint density at radius 1 is 1.00 bits per heavy atom. The molecule has 16 heavy (non-hydrogen) atoms. The van der Waals surface area contributed by atoms with Crippen molar-refractivity contribution < 1.29 is 4.79 Å². The monoisotopic (exact) mass is 231 g/mol. The van der Waals surface area contributed by atoms with Crippen molar-refractivity contribution in [1.82, 2.24) is 0 Å². The molecule has 0 aliphatic heterocycles. The van der Waals surface area contributed by atoms with E-state index < -0.39 is 5.91 Å². The van der Waals surface area contributed by atoms with Gasteiger partial charge in [-0.25, -0.2) is 0 Å². The van der Waals surface area contributed by atoms with E-state index in [9.17, 15) is 4.79 Å². The number of primary amides is 1. The second kappa shape index (κ2) is 4.37. The average molecular weight is 232 g/mol. The van der Waals surface area contributed by atoms with E-state index in [0.717, 1.165) is 11.1 Å². The number of benzene rings is 2. The predicted octanol–water partition coefficient (Wildman–Crippen LogP) is 3.11. The number of nitrogens with two attached hydrogens (primary N) is 1. The molecule has 2 aromatic rings. The molecule has 0 heterocycles. The Kier molecular flexibility index (Phi) is 2.93. The molecule has 3 heteroatoms. The molecule has 0 spiro atoms. The third-order valence-corrected chi connectivity index (χ3v) is 2.68. The molecule has 2 rings (SSSR count). The second-order valence-electron chi connectivity index (χ2n) is 3.42. The van der Waals surface area contributed by atoms with Crippen LogP contribution in [0.2, 0.25) is 5.02 Å². The van der Waals surface area contributed by atoms with Gasteiger partial charge in [-0.1, -0.05) is 41.9 Å². The zero-order valence-electron chi connectivity index (χ0n) is 8.48. The summed E-state index contributed by atoms with van der Waals surface area (Å²) in [5.41, 5.74) is 7.58. The third kappa shape index (κ3) is 2.07. The molecular formula is C13H10ClNO. The molecule has 0 saturated carbocycles. The summed E-state index contributed by atoms with van der Waals surface area (Å²) >= 11 is 6.07. The lowest BCUT2D eigenvalue weighted by atomic mass is 10.0. The number of carbonyl (C=O) groups is 1. The topological polar surface area (TPSA) is 43.1 Å². The van der Waals surface area contributed by atoms with E-state index in [1.165, 1.54) is 0 Å². The van der Waals surface area contributed by atoms with Gasteiger partial charge in [0.1, 0.15) is 0 Å². The van der Waals surface area contributed by atoms with Gasteiger partial charge in [0.05, 0.1) is 0 Å². The summed E-state index contributed by atoms with van der Waals surface area (Å²) in [4.78, 5) is 10.9. The van der Waals surface area contributed by atoms with Gasteiger partial charge in [-0.05, 0) is 23.8 Å². The number of carbonyl (C=O) groups excluding carboxylic acids is 1. The maximum Gasteiger partial charge on any atom is 0.248 e. The first-order valence-corrected chi connectivity index (χ1v) is 5.21. The lowest BCUT2D eigenvalue weighted by Crippen LogP contribution is -2.10. The Bertz CT molecular complexity index is 520. The van der Waals surface area contributed by atoms with Gasteiger partial charge in [0, 0.05) is 16.1 Å². The summed E-state index contributed by atoms with van der Waals surface area (Å²) < 4.78 is 0. The Labute approximate surface area is 98.7 Å². The van der Waals surface area contributed by atoms with Crippen molar-refractivity contribution in [1.29, 1.82) is 0 Å². The van der Waals surface area contributed by atoms with Gasteiger partial charge < -0.3 is 5.73 Å². The quantitative estimate of drug-likeness (QED) is 0.848. The van der Waals surface area contributed by atoms with Gasteiger partial charge in [0.15, 0.2) is 0 Å². The zero-order chi connectivity index (χ0) is 11.5. The number of rotatable bonds is 2. The van der Waals surface area contributed by atoms with E-state index in [-0.39, 0.29) is 0 Å². The molecule has 2 nitrogen and oxygen atoms in total. The van der Waals surface area contributed by atoms with Crippen LogP contribution in [-0.4, -0.2) is 5.91 Å². The fourth-order valence-electron chi connectivity index (χ4n) is 1.51. The van der Waals surface area contributed by atoms with Gasteiger partial charge >= 0.3 is 0 Å². The molecular weight excluding hydrogens is 222 g/mol. The standard InChI is InChI=1S/C13H10ClNO/c14-12-4-2-1-3-11(12)9-5-7-10(8-6-9)13(15)16/h1-8H,(H2,15,16). The van der Waals surface area contributed by atoms with Crippen molar-refractivity contribution >= 4 is 17.5 Å². The highest BCUT2D eigenvalue weighted by Crippen LogP contribution is 2.27. The Morgan fingerprint density at radius 3 is 2.19 bits per heavy atom. The number of hydrogen-bond donors (Lipinski definition) is 1. The first-order valence-electron chi connectivity index (χ1n) is 4.83. The summed E-state index contributed by atoms with van der Waals surface area (Å²) in [5.74, 6) is -0.425. The number of hydrogen-bond acceptors (Lipinski definition) is 1. The zero-order valence-corrected chi connectivity index (χ0v) is 9.24. The van der Waals surface area contributed by atoms with Crippen molar-refractivity contribution in [2.24, 2.45) is 5.73 Å². The van der Waals surface area contributed by atoms with Crippen molar-refractivity contribution in [2.75, 3.05) is 0 Å². The minimum absolute atomic E-state index is 0.425. The molecule has 0 bridgehead atoms. The van der Waals surface area contributed by atoms with Crippen LogP contribution in [0.4, 0.5) is 0 Å². The van der Waals surface area contributed by atoms with E-state index in [1.807, 2.05) is 36.4 Å². The highest BCUT2D eigenvalue weighted by Gasteiger charge is 2.04. The summed E-state index contributed by atoms with van der Waals surface area (Å²) in [5, 5.41) is 0.689. The van der Waals surface area contributed by atoms with Crippen LogP contribution >= 0.6 is 11.6 Å². The highest BCUT2D eigenvalue weighted by atomic mass is 35.5. The van der Waals surface area contributed by atoms with Crippen LogP contribution in [0.1, 0.15) is 10.4 Å². The van der Waals surface area contributed by atoms with E-state index in [0.29, 0.717) is 10.6 Å². The third-order valence-electron chi connectivity index (χ3n) is 2.35. The Balaban J connectivity index is 2.43. The van der Waals surface area contributed by atoms with Gasteiger partial charge in [-0.2, -0.15) is 0 Å². The smallest absolute Gasteiger partial charge is 0.248 e. The molecule has 0 fully saturated rings. The highest BCUT2D eigenvalue weighted by molar-refractivity contribution is 6.33. The van der Waals surface area contributed by atoms with Crippen LogP contribution in [0.3, 0.4) is 0 Å². The molecule has 0 radical (unpaired) electrons. The van der Waals surface area contributed by atoms with Crippen molar-refractivity contribution in [3.8, 4) is 11.1 Å². The van der Waals surface area contributed by atoms with E-state index in [2.05, 4.69) is 0 Å². The van der Waals surface area contributed by atoms with Crippen molar-refractivity contribution in [3.05, 3.63) is 59.1 Å². The first-order chi connectivity index (χ1) is 7.68. The predicted molar refractivity (Wildman–Crippen MR) is 65.4 cm³/mol. The van der Waals surface area contributed by atoms with E-state index in [1.54, 1.807) is 12.1 Å². The fourth-order valence-corrected chi connectivity index (χ4v) is 1.75. The lowest BCUT2D eigenvalue weighted by Gasteiger charge is -2.04. The molecule has 80 valence electrons. The Hall–Kier alpha value is -1.80. The molecule has 2 aromatic carbocycles. The Morgan fingerprint density at radius 2 is 1.62 bits per heavy atom. The van der Waals surface area contributed by atoms with Crippen LogP contribution in [0.5, 0.6) is 0 Å². The van der Waals surface area contributed by atoms with Gasteiger partial charge in [-0.3, -0.25) is 4.79 Å². The van der Waals surface area contributed by atoms with Gasteiger partial charge in [-0.15, -0.1) is 0 Å². The fraction of sp³-hybridized carbons (Fsp3) is 0. The van der Waals surface area contributed by atoms with Gasteiger partial charge in [0.2, 0.25) is 5.91 Å². The van der Waals surface area contributed by atoms with Crippen LogP contribution in [0, 0.1) is 0 Å². The molecule has 1 amide bonds. The minimum atomic E-state index is -0.425. The molecule has 0 aliphatic carbocycles. The van der Waals surface area contributed by atoms with Crippen molar-refractivity contribution in [2.45, 2.75) is 0 Å². The van der Waals surface area contributed by atoms with Crippen molar-refractivity contribution in [3.63, 3.8) is 0 Å². The molecule has 0 unspecified atom stereocenters. The molecule has 0 aromatic heterocycles. The second-order valence-corrected chi connectivity index (χ2v) is 3.83. The van der Waals surface area contributed by atoms with Crippen LogP contribution in [-0.2, 0) is 0 Å². The normalized spacial score (nSPS) is 10.1. The van der Waals surface area contributed by atoms with E-state index >= 15 is 0 Å². The lowest BCUT2D eigenvalue weighted by molar-refractivity contribution is 0.100. The molecule has 0 saturated heterocycles. The summed E-state index contributed by atoms with van der Waals surface area (Å²) in [6, 6.07) is 14.6. The molecule has 2 N–H and O–H groups in total. The first kappa shape index (κ1) is 10.7. The maximum absolute atomic E-state index is 10.9. The average Bonchev–Trinajstić information content (AvgIpc) is 2.30. The summed E-state index contributed by atoms with van der Waals surface area (Å²) in [7, 11) is 0. The van der Waals surface area contributed by atoms with Crippen LogP contribution in [0.25, 0.3) is 11.1 Å². The summed E-state index contributed by atoms with van der Waals surface area (Å²) in [6.07, 6.45) is 0. The molecule has 0 aliphatic rings. The van der Waals surface area contributed by atoms with Gasteiger partial charge in [0.25, 0.3) is 0 Å². The largest absolute Gasteiger partial charge is 0.366 e. The number of halogens is 1. The molecule has 0 atom stereocenters.